The van der Waals surface area contributed by atoms with Gasteiger partial charge in [0.25, 0.3) is 0 Å². The molecule has 4 nitrogen and oxygen atoms in total. The molecule has 5 heteroatoms. The van der Waals surface area contributed by atoms with Crippen molar-refractivity contribution >= 4 is 18.2 Å². The molecule has 1 aromatic rings. The van der Waals surface area contributed by atoms with Crippen LogP contribution < -0.4 is 4.74 Å². The van der Waals surface area contributed by atoms with Crippen LogP contribution in [0.4, 0.5) is 0 Å². The van der Waals surface area contributed by atoms with Crippen LogP contribution in [0.2, 0.25) is 0 Å². The number of rotatable bonds is 0. The van der Waals surface area contributed by atoms with E-state index in [0.29, 0.717) is 24.0 Å². The third-order valence-corrected chi connectivity index (χ3v) is 6.18. The van der Waals surface area contributed by atoms with Gasteiger partial charge in [0.05, 0.1) is 5.41 Å². The van der Waals surface area contributed by atoms with E-state index in [1.165, 1.54) is 5.56 Å². The maximum Gasteiger partial charge on any atom is 0.174 e. The van der Waals surface area contributed by atoms with Gasteiger partial charge in [0, 0.05) is 25.1 Å². The van der Waals surface area contributed by atoms with E-state index < -0.39 is 0 Å². The van der Waals surface area contributed by atoms with Gasteiger partial charge in [-0.05, 0) is 43.4 Å². The van der Waals surface area contributed by atoms with E-state index >= 15 is 0 Å². The normalized spacial score (nSPS) is 38.0. The minimum absolute atomic E-state index is 0. The minimum Gasteiger partial charge on any atom is -0.504 e. The van der Waals surface area contributed by atoms with Gasteiger partial charge in [-0.1, -0.05) is 6.07 Å². The molecule has 2 bridgehead atoms. The maximum absolute atomic E-state index is 12.5. The van der Waals surface area contributed by atoms with Gasteiger partial charge in [-0.2, -0.15) is 0 Å². The second-order valence-corrected chi connectivity index (χ2v) is 7.26. The van der Waals surface area contributed by atoms with Crippen LogP contribution in [0, 0.1) is 11.8 Å². The Balaban J connectivity index is 0.00000125. The lowest BCUT2D eigenvalue weighted by atomic mass is 9.51. The van der Waals surface area contributed by atoms with Crippen molar-refractivity contribution in [3.8, 4) is 11.5 Å². The molecule has 118 valence electrons. The van der Waals surface area contributed by atoms with Crippen LogP contribution in [-0.2, 0) is 16.6 Å². The van der Waals surface area contributed by atoms with Crippen molar-refractivity contribution < 1.29 is 14.6 Å². The van der Waals surface area contributed by atoms with Gasteiger partial charge in [0.2, 0.25) is 0 Å². The molecule has 2 heterocycles. The highest BCUT2D eigenvalue weighted by atomic mass is 35.5. The first-order chi connectivity index (χ1) is 10.1. The van der Waals surface area contributed by atoms with Crippen LogP contribution in [0.25, 0.3) is 0 Å². The molecule has 0 aromatic heterocycles. The molecule has 1 spiro atoms. The minimum atomic E-state index is -0.385. The van der Waals surface area contributed by atoms with Gasteiger partial charge in [0.1, 0.15) is 0 Å². The lowest BCUT2D eigenvalue weighted by molar-refractivity contribution is -0.138. The molecule has 1 N–H and O–H groups in total. The highest BCUT2D eigenvalue weighted by molar-refractivity contribution is 5.89. The zero-order valence-corrected chi connectivity index (χ0v) is 13.4. The lowest BCUT2D eigenvalue weighted by Crippen LogP contribution is -2.65. The number of halogens is 1. The fraction of sp³-hybridized carbons (Fsp3) is 0.588. The van der Waals surface area contributed by atoms with E-state index in [-0.39, 0.29) is 35.5 Å². The van der Waals surface area contributed by atoms with Gasteiger partial charge in [0.15, 0.2) is 23.4 Å². The molecule has 1 saturated heterocycles. The van der Waals surface area contributed by atoms with Crippen LogP contribution in [0.5, 0.6) is 11.5 Å². The number of Topliss-reactive ketones (excluding diaryl/α,β-unsaturated/α-hetero) is 1. The summed E-state index contributed by atoms with van der Waals surface area (Å²) in [7, 11) is 2.14. The summed E-state index contributed by atoms with van der Waals surface area (Å²) in [5.41, 5.74) is 2.22. The number of likely N-dealkylation sites (N-methyl/N-ethyl adjacent to an activating group) is 1. The van der Waals surface area contributed by atoms with Crippen LogP contribution in [0.3, 0.4) is 0 Å². The third-order valence-electron chi connectivity index (χ3n) is 6.18. The summed E-state index contributed by atoms with van der Waals surface area (Å²) < 4.78 is 6.04. The molecule has 4 aliphatic rings. The fourth-order valence-corrected chi connectivity index (χ4v) is 5.65. The Bertz CT molecular complexity index is 676. The Morgan fingerprint density at radius 1 is 1.41 bits per heavy atom. The number of hydrogen-bond donors (Lipinski definition) is 1. The Hall–Kier alpha value is -1.26. The van der Waals surface area contributed by atoms with Crippen LogP contribution in [-0.4, -0.2) is 42.0 Å². The number of carbonyl (C=O) groups excluding carboxylic acids is 1. The van der Waals surface area contributed by atoms with E-state index in [1.807, 2.05) is 6.07 Å². The second kappa shape index (κ2) is 4.39. The van der Waals surface area contributed by atoms with Crippen molar-refractivity contribution in [3.63, 3.8) is 0 Å². The maximum atomic E-state index is 12.5. The summed E-state index contributed by atoms with van der Waals surface area (Å²) in [6, 6.07) is 3.77. The van der Waals surface area contributed by atoms with Gasteiger partial charge < -0.3 is 14.7 Å². The number of aromatic hydroxyl groups is 1. The fourth-order valence-electron chi connectivity index (χ4n) is 5.65. The molecule has 1 aromatic carbocycles. The van der Waals surface area contributed by atoms with Crippen LogP contribution >= 0.6 is 12.4 Å². The standard InChI is InChI=1S/C17H19NO3.ClH/c1-18-7-10-6-9-2-4-12(19)15-14(9)17(8-18)11(10)3-5-13(20)16(17)21-15;/h2,4,10-11,16,19H,3,5-8H2,1H3;1H/t10-,11?,16-,17-;/m0./s1. The monoisotopic (exact) mass is 321 g/mol. The molecular weight excluding hydrogens is 302 g/mol. The molecule has 2 fully saturated rings. The largest absolute Gasteiger partial charge is 0.504 e. The summed E-state index contributed by atoms with van der Waals surface area (Å²) in [6.45, 7) is 1.97. The van der Waals surface area contributed by atoms with Crippen molar-refractivity contribution in [1.29, 1.82) is 0 Å². The molecule has 0 amide bonds. The average Bonchev–Trinajstić information content (AvgIpc) is 2.77. The van der Waals surface area contributed by atoms with E-state index in [0.717, 1.165) is 31.5 Å². The number of phenolic OH excluding ortho intramolecular Hbond substituents is 1. The molecule has 1 unspecified atom stereocenters. The number of piperidine rings is 1. The van der Waals surface area contributed by atoms with Crippen LogP contribution in [0.15, 0.2) is 12.1 Å². The van der Waals surface area contributed by atoms with Crippen molar-refractivity contribution in [1.82, 2.24) is 4.90 Å². The Kier molecular flexibility index (Phi) is 2.86. The SMILES string of the molecule is CN1C[C@@H]2Cc3ccc(O)c4c3[C@]3(C1)C2CCC(=O)[C@@H]3O4.Cl. The van der Waals surface area contributed by atoms with Crippen molar-refractivity contribution in [2.24, 2.45) is 11.8 Å². The number of carbonyl (C=O) groups is 1. The number of ether oxygens (including phenoxy) is 1. The smallest absolute Gasteiger partial charge is 0.174 e. The molecular formula is C17H20ClNO3. The Morgan fingerprint density at radius 3 is 3.05 bits per heavy atom. The molecule has 2 aliphatic heterocycles. The van der Waals surface area contributed by atoms with E-state index in [1.54, 1.807) is 6.07 Å². The molecule has 5 rings (SSSR count). The summed E-state index contributed by atoms with van der Waals surface area (Å²) in [4.78, 5) is 14.9. The molecule has 4 atom stereocenters. The topological polar surface area (TPSA) is 49.8 Å². The summed E-state index contributed by atoms with van der Waals surface area (Å²) in [5, 5.41) is 10.2. The molecule has 2 aliphatic carbocycles. The van der Waals surface area contributed by atoms with Gasteiger partial charge in [-0.25, -0.2) is 0 Å². The predicted octanol–water partition coefficient (Wildman–Crippen LogP) is 1.91. The van der Waals surface area contributed by atoms with Gasteiger partial charge in [-0.3, -0.25) is 4.79 Å². The highest BCUT2D eigenvalue weighted by Crippen LogP contribution is 2.62. The molecule has 0 radical (unpaired) electrons. The van der Waals surface area contributed by atoms with E-state index in [4.69, 9.17) is 4.74 Å². The van der Waals surface area contributed by atoms with Crippen LogP contribution in [0.1, 0.15) is 24.0 Å². The number of hydrogen-bond acceptors (Lipinski definition) is 4. The van der Waals surface area contributed by atoms with Gasteiger partial charge >= 0.3 is 0 Å². The Labute approximate surface area is 135 Å². The number of phenols is 1. The van der Waals surface area contributed by atoms with Crippen molar-refractivity contribution in [3.05, 3.63) is 23.3 Å². The zero-order valence-electron chi connectivity index (χ0n) is 12.5. The quantitative estimate of drug-likeness (QED) is 0.793. The van der Waals surface area contributed by atoms with Gasteiger partial charge in [-0.15, -0.1) is 12.4 Å². The van der Waals surface area contributed by atoms with Crippen molar-refractivity contribution in [2.75, 3.05) is 20.1 Å². The molecule has 1 saturated carbocycles. The predicted molar refractivity (Wildman–Crippen MR) is 83.9 cm³/mol. The first kappa shape index (κ1) is 14.3. The number of nitrogens with zero attached hydrogens (tertiary/aromatic N) is 1. The summed E-state index contributed by atoms with van der Waals surface area (Å²) >= 11 is 0. The Morgan fingerprint density at radius 2 is 2.23 bits per heavy atom. The first-order valence-corrected chi connectivity index (χ1v) is 7.84. The summed E-state index contributed by atoms with van der Waals surface area (Å²) in [5.74, 6) is 2.11. The third kappa shape index (κ3) is 1.45. The first-order valence-electron chi connectivity index (χ1n) is 7.84. The second-order valence-electron chi connectivity index (χ2n) is 7.26. The molecule has 22 heavy (non-hydrogen) atoms. The zero-order chi connectivity index (χ0) is 14.4. The summed E-state index contributed by atoms with van der Waals surface area (Å²) in [6.07, 6.45) is 2.26. The average molecular weight is 322 g/mol. The number of likely N-dealkylation sites (tertiary alicyclic amines) is 1. The lowest BCUT2D eigenvalue weighted by Gasteiger charge is -2.56. The number of benzene rings is 1. The van der Waals surface area contributed by atoms with E-state index in [9.17, 15) is 9.90 Å². The highest BCUT2D eigenvalue weighted by Gasteiger charge is 2.65. The number of ketones is 1. The van der Waals surface area contributed by atoms with Crippen molar-refractivity contribution in [2.45, 2.75) is 30.8 Å². The van der Waals surface area contributed by atoms with E-state index in [2.05, 4.69) is 11.9 Å².